The number of carbonyl (C=O) groups is 2. The average Bonchev–Trinajstić information content (AvgIpc) is 3.00. The van der Waals surface area contributed by atoms with Gasteiger partial charge in [-0.3, -0.25) is 14.5 Å². The highest BCUT2D eigenvalue weighted by Crippen LogP contribution is 2.35. The predicted molar refractivity (Wildman–Crippen MR) is 88.3 cm³/mol. The zero-order valence-electron chi connectivity index (χ0n) is 12.8. The molecule has 0 aliphatic carbocycles. The van der Waals surface area contributed by atoms with E-state index >= 15 is 0 Å². The minimum absolute atomic E-state index is 0.0582. The molecule has 5 nitrogen and oxygen atoms in total. The van der Waals surface area contributed by atoms with Crippen molar-refractivity contribution >= 4 is 45.1 Å². The summed E-state index contributed by atoms with van der Waals surface area (Å²) in [4.78, 5) is 36.3. The Morgan fingerprint density at radius 1 is 1.32 bits per heavy atom. The van der Waals surface area contributed by atoms with Crippen molar-refractivity contribution in [3.05, 3.63) is 16.3 Å². The summed E-state index contributed by atoms with van der Waals surface area (Å²) in [5.41, 5.74) is 1.17. The van der Waals surface area contributed by atoms with E-state index in [1.807, 2.05) is 6.92 Å². The van der Waals surface area contributed by atoms with Crippen molar-refractivity contribution in [3.8, 4) is 0 Å². The molecule has 2 aromatic heterocycles. The van der Waals surface area contributed by atoms with Crippen LogP contribution in [0.2, 0.25) is 0 Å². The van der Waals surface area contributed by atoms with E-state index in [9.17, 15) is 9.59 Å². The van der Waals surface area contributed by atoms with E-state index in [4.69, 9.17) is 0 Å². The van der Waals surface area contributed by atoms with Crippen molar-refractivity contribution in [1.82, 2.24) is 14.9 Å². The number of fused-ring (bicyclic) bond motifs is 1. The highest BCUT2D eigenvalue weighted by atomic mass is 32.2. The molecule has 0 N–H and O–H groups in total. The predicted octanol–water partition coefficient (Wildman–Crippen LogP) is 2.86. The first-order chi connectivity index (χ1) is 10.5. The smallest absolute Gasteiger partial charge is 0.239 e. The Morgan fingerprint density at radius 3 is 2.77 bits per heavy atom. The lowest BCUT2D eigenvalue weighted by Crippen LogP contribution is -2.33. The number of thioether (sulfide) groups is 1. The second kappa shape index (κ2) is 5.96. The average molecular weight is 335 g/mol. The Hall–Kier alpha value is -1.47. The summed E-state index contributed by atoms with van der Waals surface area (Å²) < 4.78 is 0. The second-order valence-corrected chi connectivity index (χ2v) is 7.54. The molecule has 1 fully saturated rings. The van der Waals surface area contributed by atoms with Gasteiger partial charge in [0.15, 0.2) is 0 Å². The molecule has 0 bridgehead atoms. The number of likely N-dealkylation sites (tertiary alicyclic amines) is 1. The van der Waals surface area contributed by atoms with Crippen molar-refractivity contribution in [2.24, 2.45) is 0 Å². The van der Waals surface area contributed by atoms with Gasteiger partial charge in [0, 0.05) is 23.2 Å². The summed E-state index contributed by atoms with van der Waals surface area (Å²) in [5.74, 6) is 0.769. The maximum absolute atomic E-state index is 12.2. The molecule has 0 spiro atoms. The summed E-state index contributed by atoms with van der Waals surface area (Å²) in [6, 6.07) is 0. The number of rotatable bonds is 3. The molecule has 2 amide bonds. The molecular formula is C15H17N3O2S2. The fraction of sp³-hybridized carbons (Fsp3) is 0.467. The van der Waals surface area contributed by atoms with Crippen molar-refractivity contribution < 1.29 is 9.59 Å². The molecule has 22 heavy (non-hydrogen) atoms. The monoisotopic (exact) mass is 335 g/mol. The summed E-state index contributed by atoms with van der Waals surface area (Å²) in [6.07, 6.45) is 1.25. The van der Waals surface area contributed by atoms with Gasteiger partial charge in [0.25, 0.3) is 0 Å². The molecule has 1 aliphatic heterocycles. The maximum Gasteiger partial charge on any atom is 0.239 e. The number of aromatic nitrogens is 2. The van der Waals surface area contributed by atoms with Gasteiger partial charge >= 0.3 is 0 Å². The Kier molecular flexibility index (Phi) is 4.18. The summed E-state index contributed by atoms with van der Waals surface area (Å²) in [7, 11) is 0. The van der Waals surface area contributed by atoms with Crippen LogP contribution in [0.15, 0.2) is 5.03 Å². The van der Waals surface area contributed by atoms with Crippen LogP contribution in [0.25, 0.3) is 10.2 Å². The van der Waals surface area contributed by atoms with Crippen LogP contribution in [0, 0.1) is 20.8 Å². The number of thiophene rings is 1. The quantitative estimate of drug-likeness (QED) is 0.637. The van der Waals surface area contributed by atoms with E-state index in [1.54, 1.807) is 11.3 Å². The van der Waals surface area contributed by atoms with Crippen LogP contribution in [-0.4, -0.2) is 39.0 Å². The lowest BCUT2D eigenvalue weighted by molar-refractivity contribution is -0.140. The van der Waals surface area contributed by atoms with Crippen molar-refractivity contribution in [2.45, 2.75) is 38.6 Å². The largest absolute Gasteiger partial charge is 0.282 e. The van der Waals surface area contributed by atoms with E-state index < -0.39 is 0 Å². The molecule has 1 aliphatic rings. The van der Waals surface area contributed by atoms with Crippen molar-refractivity contribution in [3.63, 3.8) is 0 Å². The van der Waals surface area contributed by atoms with Gasteiger partial charge in [-0.25, -0.2) is 9.97 Å². The number of hydrogen-bond acceptors (Lipinski definition) is 6. The van der Waals surface area contributed by atoms with E-state index in [0.29, 0.717) is 18.8 Å². The standard InChI is InChI=1S/C15H17N3O2S2/c1-8-9(2)22-15-13(8)14(16-10(3)17-15)21-7-12(20)18-6-4-5-11(18)19/h4-7H2,1-3H3. The topological polar surface area (TPSA) is 63.2 Å². The number of aryl methyl sites for hydroxylation is 3. The fourth-order valence-corrected chi connectivity index (χ4v) is 4.68. The highest BCUT2D eigenvalue weighted by Gasteiger charge is 2.26. The van der Waals surface area contributed by atoms with Gasteiger partial charge in [-0.15, -0.1) is 11.3 Å². The lowest BCUT2D eigenvalue weighted by atomic mass is 10.2. The van der Waals surface area contributed by atoms with Crippen LogP contribution in [0.1, 0.15) is 29.1 Å². The van der Waals surface area contributed by atoms with Gasteiger partial charge in [0.2, 0.25) is 11.8 Å². The molecule has 0 radical (unpaired) electrons. The van der Waals surface area contributed by atoms with Crippen LogP contribution in [0.4, 0.5) is 0 Å². The summed E-state index contributed by atoms with van der Waals surface area (Å²) >= 11 is 3.05. The maximum atomic E-state index is 12.2. The minimum atomic E-state index is -0.124. The van der Waals surface area contributed by atoms with Crippen LogP contribution in [0.3, 0.4) is 0 Å². The SMILES string of the molecule is Cc1nc(SCC(=O)N2CCCC2=O)c2c(C)c(C)sc2n1. The van der Waals surface area contributed by atoms with E-state index in [-0.39, 0.29) is 17.6 Å². The molecule has 0 aromatic carbocycles. The third-order valence-corrected chi connectivity index (χ3v) is 5.88. The third kappa shape index (κ3) is 2.75. The fourth-order valence-electron chi connectivity index (χ4n) is 2.54. The van der Waals surface area contributed by atoms with E-state index in [2.05, 4.69) is 23.8 Å². The highest BCUT2D eigenvalue weighted by molar-refractivity contribution is 8.00. The molecule has 3 rings (SSSR count). The number of amides is 2. The first-order valence-electron chi connectivity index (χ1n) is 7.17. The minimum Gasteiger partial charge on any atom is -0.282 e. The number of hydrogen-bond donors (Lipinski definition) is 0. The molecule has 0 unspecified atom stereocenters. The third-order valence-electron chi connectivity index (χ3n) is 3.81. The van der Waals surface area contributed by atoms with Crippen LogP contribution < -0.4 is 0 Å². The molecule has 3 heterocycles. The van der Waals surface area contributed by atoms with Gasteiger partial charge < -0.3 is 0 Å². The Balaban J connectivity index is 1.84. The number of imide groups is 1. The molecule has 2 aromatic rings. The van der Waals surface area contributed by atoms with Gasteiger partial charge in [-0.05, 0) is 32.8 Å². The molecule has 1 saturated heterocycles. The number of carbonyl (C=O) groups excluding carboxylic acids is 2. The molecule has 116 valence electrons. The summed E-state index contributed by atoms with van der Waals surface area (Å²) in [6.45, 7) is 6.54. The lowest BCUT2D eigenvalue weighted by Gasteiger charge is -2.13. The first kappa shape index (κ1) is 15.4. The second-order valence-electron chi connectivity index (χ2n) is 5.37. The molecule has 7 heteroatoms. The van der Waals surface area contributed by atoms with Crippen LogP contribution >= 0.6 is 23.1 Å². The molecule has 0 atom stereocenters. The van der Waals surface area contributed by atoms with Crippen molar-refractivity contribution in [2.75, 3.05) is 12.3 Å². The van der Waals surface area contributed by atoms with Gasteiger partial charge in [0.1, 0.15) is 15.7 Å². The van der Waals surface area contributed by atoms with Gasteiger partial charge in [0.05, 0.1) is 5.75 Å². The normalized spacial score (nSPS) is 15.0. The summed E-state index contributed by atoms with van der Waals surface area (Å²) in [5, 5.41) is 1.88. The van der Waals surface area contributed by atoms with Crippen LogP contribution in [-0.2, 0) is 9.59 Å². The Bertz CT molecular complexity index is 770. The van der Waals surface area contributed by atoms with Crippen molar-refractivity contribution in [1.29, 1.82) is 0 Å². The van der Waals surface area contributed by atoms with Crippen LogP contribution in [0.5, 0.6) is 0 Å². The first-order valence-corrected chi connectivity index (χ1v) is 8.98. The Labute approximate surface area is 137 Å². The Morgan fingerprint density at radius 2 is 2.09 bits per heavy atom. The van der Waals surface area contributed by atoms with E-state index in [0.717, 1.165) is 21.7 Å². The molecule has 0 saturated carbocycles. The zero-order chi connectivity index (χ0) is 15.9. The number of nitrogens with zero attached hydrogens (tertiary/aromatic N) is 3. The molecular weight excluding hydrogens is 318 g/mol. The van der Waals surface area contributed by atoms with Gasteiger partial charge in [-0.1, -0.05) is 11.8 Å². The van der Waals surface area contributed by atoms with E-state index in [1.165, 1.54) is 27.1 Å². The van der Waals surface area contributed by atoms with Gasteiger partial charge in [-0.2, -0.15) is 0 Å². The zero-order valence-corrected chi connectivity index (χ0v) is 14.4.